The van der Waals surface area contributed by atoms with E-state index in [1.54, 1.807) is 31.2 Å². The van der Waals surface area contributed by atoms with Crippen LogP contribution in [0.5, 0.6) is 0 Å². The Kier molecular flexibility index (Phi) is 3.48. The lowest BCUT2D eigenvalue weighted by atomic mass is 9.43. The molecule has 1 aromatic rings. The van der Waals surface area contributed by atoms with E-state index in [1.165, 1.54) is 0 Å². The molecule has 3 fully saturated rings. The molecule has 0 spiro atoms. The predicted octanol–water partition coefficient (Wildman–Crippen LogP) is 2.89. The molecule has 22 heavy (non-hydrogen) atoms. The van der Waals surface area contributed by atoms with Gasteiger partial charge in [0.1, 0.15) is 6.10 Å². The molecule has 122 valence electrons. The summed E-state index contributed by atoms with van der Waals surface area (Å²) in [5.74, 6) is 0.493. The van der Waals surface area contributed by atoms with E-state index in [-0.39, 0.29) is 16.2 Å². The Morgan fingerprint density at radius 3 is 2.23 bits per heavy atom. The highest BCUT2D eigenvalue weighted by Crippen LogP contribution is 2.63. The molecule has 3 aliphatic carbocycles. The SMILES string of the molecule is Cc1ccc(S(=O)(=O)O[C@@H]2C[C@@H]3C[C@@H](C3(C)C)[C@]2(C)O)cc1. The van der Waals surface area contributed by atoms with Gasteiger partial charge >= 0.3 is 0 Å². The lowest BCUT2D eigenvalue weighted by molar-refractivity contribution is -0.237. The smallest absolute Gasteiger partial charge is 0.297 e. The van der Waals surface area contributed by atoms with Crippen LogP contribution in [0.2, 0.25) is 0 Å². The van der Waals surface area contributed by atoms with Crippen molar-refractivity contribution in [3.8, 4) is 0 Å². The first-order valence-corrected chi connectivity index (χ1v) is 9.18. The first-order chi connectivity index (χ1) is 10.0. The van der Waals surface area contributed by atoms with E-state index in [9.17, 15) is 13.5 Å². The van der Waals surface area contributed by atoms with Crippen molar-refractivity contribution < 1.29 is 17.7 Å². The molecule has 5 heteroatoms. The zero-order chi connectivity index (χ0) is 16.3. The molecule has 0 heterocycles. The van der Waals surface area contributed by atoms with Crippen LogP contribution >= 0.6 is 0 Å². The highest BCUT2D eigenvalue weighted by atomic mass is 32.2. The number of aryl methyl sites for hydroxylation is 1. The van der Waals surface area contributed by atoms with Crippen LogP contribution in [-0.4, -0.2) is 25.2 Å². The lowest BCUT2D eigenvalue weighted by Crippen LogP contribution is -2.67. The van der Waals surface area contributed by atoms with E-state index in [0.29, 0.717) is 12.3 Å². The van der Waals surface area contributed by atoms with Gasteiger partial charge in [-0.3, -0.25) is 4.18 Å². The first kappa shape index (κ1) is 16.0. The fourth-order valence-electron chi connectivity index (χ4n) is 4.18. The Morgan fingerprint density at radius 1 is 1.14 bits per heavy atom. The van der Waals surface area contributed by atoms with E-state index < -0.39 is 21.8 Å². The highest BCUT2D eigenvalue weighted by molar-refractivity contribution is 7.86. The van der Waals surface area contributed by atoms with Crippen molar-refractivity contribution in [2.24, 2.45) is 17.3 Å². The van der Waals surface area contributed by atoms with Gasteiger partial charge in [0.25, 0.3) is 10.1 Å². The minimum Gasteiger partial charge on any atom is -0.387 e. The van der Waals surface area contributed by atoms with Crippen molar-refractivity contribution in [3.63, 3.8) is 0 Å². The fourth-order valence-corrected chi connectivity index (χ4v) is 5.34. The molecule has 0 aromatic heterocycles. The summed E-state index contributed by atoms with van der Waals surface area (Å²) in [7, 11) is -3.85. The summed E-state index contributed by atoms with van der Waals surface area (Å²) >= 11 is 0. The summed E-state index contributed by atoms with van der Waals surface area (Å²) in [6.07, 6.45) is 0.863. The molecule has 1 N–H and O–H groups in total. The van der Waals surface area contributed by atoms with Crippen molar-refractivity contribution >= 4 is 10.1 Å². The van der Waals surface area contributed by atoms with Crippen LogP contribution in [0.1, 0.15) is 39.2 Å². The number of aliphatic hydroxyl groups is 1. The van der Waals surface area contributed by atoms with Crippen LogP contribution < -0.4 is 0 Å². The summed E-state index contributed by atoms with van der Waals surface area (Å²) in [5, 5.41) is 10.8. The average Bonchev–Trinajstić information content (AvgIpc) is 2.40. The van der Waals surface area contributed by atoms with Gasteiger partial charge in [0.15, 0.2) is 0 Å². The number of fused-ring (bicyclic) bond motifs is 2. The molecular formula is C17H24O4S. The minimum absolute atomic E-state index is 0.0526. The maximum absolute atomic E-state index is 12.4. The van der Waals surface area contributed by atoms with Crippen LogP contribution in [0.3, 0.4) is 0 Å². The fraction of sp³-hybridized carbons (Fsp3) is 0.647. The molecule has 4 rings (SSSR count). The summed E-state index contributed by atoms with van der Waals surface area (Å²) in [4.78, 5) is 0.146. The Hall–Kier alpha value is -0.910. The van der Waals surface area contributed by atoms with Crippen LogP contribution in [0.4, 0.5) is 0 Å². The highest BCUT2D eigenvalue weighted by Gasteiger charge is 2.64. The second-order valence-corrected chi connectivity index (χ2v) is 9.19. The average molecular weight is 324 g/mol. The summed E-state index contributed by atoms with van der Waals surface area (Å²) in [6, 6.07) is 6.59. The normalized spacial score (nSPS) is 36.7. The molecule has 0 amide bonds. The number of benzene rings is 1. The molecule has 2 bridgehead atoms. The molecule has 0 saturated heterocycles. The molecule has 4 nitrogen and oxygen atoms in total. The van der Waals surface area contributed by atoms with E-state index in [1.807, 2.05) is 6.92 Å². The maximum Gasteiger partial charge on any atom is 0.297 e. The number of hydrogen-bond donors (Lipinski definition) is 1. The molecule has 0 aliphatic heterocycles. The third kappa shape index (κ3) is 2.30. The van der Waals surface area contributed by atoms with Gasteiger partial charge in [-0.15, -0.1) is 0 Å². The summed E-state index contributed by atoms with van der Waals surface area (Å²) < 4.78 is 30.3. The Labute approximate surface area is 132 Å². The standard InChI is InChI=1S/C17H24O4S/c1-11-5-7-13(8-6-11)22(19,20)21-15-10-12-9-14(16(12,2)3)17(15,4)18/h5-8,12,14-15,18H,9-10H2,1-4H3/t12-,14-,15+,17-/m0/s1. The van der Waals surface area contributed by atoms with E-state index in [2.05, 4.69) is 13.8 Å². The van der Waals surface area contributed by atoms with Gasteiger partial charge in [-0.2, -0.15) is 8.42 Å². The van der Waals surface area contributed by atoms with Crippen LogP contribution in [0.25, 0.3) is 0 Å². The van der Waals surface area contributed by atoms with Crippen molar-refractivity contribution in [3.05, 3.63) is 29.8 Å². The second-order valence-electron chi connectivity index (χ2n) is 7.62. The first-order valence-electron chi connectivity index (χ1n) is 7.77. The zero-order valence-electron chi connectivity index (χ0n) is 13.5. The van der Waals surface area contributed by atoms with E-state index >= 15 is 0 Å². The monoisotopic (exact) mass is 324 g/mol. The summed E-state index contributed by atoms with van der Waals surface area (Å²) in [6.45, 7) is 7.90. The van der Waals surface area contributed by atoms with Crippen molar-refractivity contribution in [2.75, 3.05) is 0 Å². The third-order valence-corrected chi connectivity index (χ3v) is 7.21. The molecule has 1 aromatic carbocycles. The molecule has 3 aliphatic rings. The zero-order valence-corrected chi connectivity index (χ0v) is 14.4. The van der Waals surface area contributed by atoms with E-state index in [4.69, 9.17) is 4.18 Å². The largest absolute Gasteiger partial charge is 0.387 e. The van der Waals surface area contributed by atoms with Crippen molar-refractivity contribution in [2.45, 2.75) is 57.1 Å². The lowest BCUT2D eigenvalue weighted by Gasteiger charge is -2.64. The quantitative estimate of drug-likeness (QED) is 0.868. The third-order valence-electron chi connectivity index (χ3n) is 5.88. The molecule has 0 unspecified atom stereocenters. The van der Waals surface area contributed by atoms with Crippen LogP contribution in [0.15, 0.2) is 29.2 Å². The molecule has 3 saturated carbocycles. The van der Waals surface area contributed by atoms with Crippen molar-refractivity contribution in [1.82, 2.24) is 0 Å². The minimum atomic E-state index is -3.85. The van der Waals surface area contributed by atoms with Crippen LogP contribution in [-0.2, 0) is 14.3 Å². The van der Waals surface area contributed by atoms with Crippen molar-refractivity contribution in [1.29, 1.82) is 0 Å². The topological polar surface area (TPSA) is 63.6 Å². The Bertz CT molecular complexity index is 673. The van der Waals surface area contributed by atoms with Crippen LogP contribution in [0, 0.1) is 24.2 Å². The maximum atomic E-state index is 12.4. The van der Waals surface area contributed by atoms with Gasteiger partial charge in [-0.1, -0.05) is 31.5 Å². The summed E-state index contributed by atoms with van der Waals surface area (Å²) in [5.41, 5.74) is -0.0703. The molecular weight excluding hydrogens is 300 g/mol. The Morgan fingerprint density at radius 2 is 1.73 bits per heavy atom. The number of hydrogen-bond acceptors (Lipinski definition) is 4. The Balaban J connectivity index is 1.83. The predicted molar refractivity (Wildman–Crippen MR) is 83.9 cm³/mol. The van der Waals surface area contributed by atoms with E-state index in [0.717, 1.165) is 12.0 Å². The van der Waals surface area contributed by atoms with Gasteiger partial charge in [-0.25, -0.2) is 0 Å². The van der Waals surface area contributed by atoms with Gasteiger partial charge in [0, 0.05) is 0 Å². The van der Waals surface area contributed by atoms with Gasteiger partial charge in [0.05, 0.1) is 10.5 Å². The molecule has 4 atom stereocenters. The van der Waals surface area contributed by atoms with Gasteiger partial charge < -0.3 is 5.11 Å². The number of rotatable bonds is 3. The van der Waals surface area contributed by atoms with Gasteiger partial charge in [-0.05, 0) is 56.1 Å². The second kappa shape index (κ2) is 4.79. The molecule has 0 radical (unpaired) electrons. The van der Waals surface area contributed by atoms with Gasteiger partial charge in [0.2, 0.25) is 0 Å².